The Bertz CT molecular complexity index is 1040. The van der Waals surface area contributed by atoms with E-state index in [4.69, 9.17) is 0 Å². The summed E-state index contributed by atoms with van der Waals surface area (Å²) in [6.45, 7) is 0.347. The minimum absolute atomic E-state index is 0.194. The number of thiophene rings is 1. The summed E-state index contributed by atoms with van der Waals surface area (Å²) >= 11 is 3.17. The summed E-state index contributed by atoms with van der Waals surface area (Å²) in [5.74, 6) is -0.401. The van der Waals surface area contributed by atoms with Crippen molar-refractivity contribution in [1.29, 1.82) is 0 Å². The third-order valence-corrected chi connectivity index (χ3v) is 5.06. The van der Waals surface area contributed by atoms with E-state index in [0.29, 0.717) is 17.4 Å². The van der Waals surface area contributed by atoms with E-state index >= 15 is 0 Å². The van der Waals surface area contributed by atoms with Crippen LogP contribution in [0.2, 0.25) is 0 Å². The van der Waals surface area contributed by atoms with Crippen molar-refractivity contribution in [3.63, 3.8) is 0 Å². The summed E-state index contributed by atoms with van der Waals surface area (Å²) in [4.78, 5) is 21.2. The molecule has 3 aromatic heterocycles. The summed E-state index contributed by atoms with van der Waals surface area (Å²) in [7, 11) is 0. The van der Waals surface area contributed by atoms with Crippen LogP contribution in [0.3, 0.4) is 0 Å². The number of nitrogens with zero attached hydrogens (tertiary/aromatic N) is 3. The summed E-state index contributed by atoms with van der Waals surface area (Å²) in [5, 5.41) is 7.33. The van der Waals surface area contributed by atoms with E-state index in [1.54, 1.807) is 22.7 Å². The lowest BCUT2D eigenvalue weighted by atomic mass is 10.2. The fraction of sp³-hybridized carbons (Fsp3) is 0.0625. The molecule has 0 amide bonds. The van der Waals surface area contributed by atoms with Gasteiger partial charge in [0.05, 0.1) is 29.5 Å². The average Bonchev–Trinajstić information content (AvgIpc) is 3.21. The van der Waals surface area contributed by atoms with E-state index in [9.17, 15) is 9.18 Å². The van der Waals surface area contributed by atoms with Crippen LogP contribution in [0.4, 0.5) is 4.39 Å². The molecule has 0 aliphatic heterocycles. The highest BCUT2D eigenvalue weighted by Crippen LogP contribution is 2.25. The Hall–Kier alpha value is -2.38. The van der Waals surface area contributed by atoms with Crippen LogP contribution >= 0.6 is 22.7 Å². The predicted molar refractivity (Wildman–Crippen MR) is 90.5 cm³/mol. The molecule has 114 valence electrons. The number of benzene rings is 1. The van der Waals surface area contributed by atoms with E-state index in [-0.39, 0.29) is 5.56 Å². The molecule has 4 rings (SSSR count). The largest absolute Gasteiger partial charge is 0.293 e. The lowest BCUT2D eigenvalue weighted by molar-refractivity contribution is 0.629. The molecule has 0 aliphatic rings. The van der Waals surface area contributed by atoms with Crippen LogP contribution in [0.5, 0.6) is 0 Å². The van der Waals surface area contributed by atoms with E-state index < -0.39 is 5.82 Å². The van der Waals surface area contributed by atoms with E-state index in [2.05, 4.69) is 9.97 Å². The van der Waals surface area contributed by atoms with Crippen LogP contribution in [0.25, 0.3) is 21.5 Å². The lowest BCUT2D eigenvalue weighted by Gasteiger charge is -2.04. The van der Waals surface area contributed by atoms with Crippen molar-refractivity contribution < 1.29 is 4.39 Å². The zero-order valence-electron chi connectivity index (χ0n) is 11.8. The first-order valence-electron chi connectivity index (χ1n) is 6.82. The number of thiazole rings is 1. The van der Waals surface area contributed by atoms with Crippen molar-refractivity contribution in [2.45, 2.75) is 6.54 Å². The first kappa shape index (κ1) is 14.2. The van der Waals surface area contributed by atoms with Crippen molar-refractivity contribution in [2.24, 2.45) is 0 Å². The second kappa shape index (κ2) is 5.68. The van der Waals surface area contributed by atoms with Gasteiger partial charge in [-0.1, -0.05) is 0 Å². The van der Waals surface area contributed by atoms with Gasteiger partial charge in [0.2, 0.25) is 0 Å². The number of rotatable bonds is 3. The molecule has 0 saturated heterocycles. The van der Waals surface area contributed by atoms with Crippen LogP contribution in [0.1, 0.15) is 5.69 Å². The maximum absolute atomic E-state index is 13.2. The Morgan fingerprint density at radius 3 is 2.96 bits per heavy atom. The van der Waals surface area contributed by atoms with Crippen LogP contribution in [-0.4, -0.2) is 14.5 Å². The summed E-state index contributed by atoms with van der Waals surface area (Å²) in [5.41, 5.74) is 2.07. The predicted octanol–water partition coefficient (Wildman–Crippen LogP) is 3.77. The van der Waals surface area contributed by atoms with Crippen molar-refractivity contribution in [3.8, 4) is 10.6 Å². The molecule has 0 aliphatic carbocycles. The Morgan fingerprint density at radius 2 is 2.13 bits per heavy atom. The molecule has 0 N–H and O–H groups in total. The van der Waals surface area contributed by atoms with E-state index in [1.165, 1.54) is 29.1 Å². The molecule has 0 bridgehead atoms. The molecule has 4 aromatic rings. The molecule has 3 heterocycles. The number of aromatic nitrogens is 3. The van der Waals surface area contributed by atoms with Gasteiger partial charge in [-0.05, 0) is 23.6 Å². The van der Waals surface area contributed by atoms with Gasteiger partial charge in [-0.15, -0.1) is 11.3 Å². The first-order chi connectivity index (χ1) is 11.2. The highest BCUT2D eigenvalue weighted by Gasteiger charge is 2.09. The van der Waals surface area contributed by atoms with Gasteiger partial charge in [0.15, 0.2) is 0 Å². The van der Waals surface area contributed by atoms with Gasteiger partial charge < -0.3 is 0 Å². The Kier molecular flexibility index (Phi) is 3.51. The second-order valence-corrected chi connectivity index (χ2v) is 6.63. The Balaban J connectivity index is 1.69. The Morgan fingerprint density at radius 1 is 1.22 bits per heavy atom. The van der Waals surface area contributed by atoms with Crippen LogP contribution in [0.15, 0.2) is 51.5 Å². The maximum Gasteiger partial charge on any atom is 0.261 e. The minimum Gasteiger partial charge on any atom is -0.293 e. The number of halogens is 1. The molecule has 0 fully saturated rings. The van der Waals surface area contributed by atoms with Gasteiger partial charge >= 0.3 is 0 Å². The second-order valence-electron chi connectivity index (χ2n) is 5.00. The number of fused-ring (bicyclic) bond motifs is 1. The summed E-state index contributed by atoms with van der Waals surface area (Å²) in [6.07, 6.45) is 1.44. The molecule has 23 heavy (non-hydrogen) atoms. The quantitative estimate of drug-likeness (QED) is 0.569. The van der Waals surface area contributed by atoms with E-state index in [1.807, 2.05) is 22.2 Å². The molecule has 0 radical (unpaired) electrons. The smallest absolute Gasteiger partial charge is 0.261 e. The first-order valence-corrected chi connectivity index (χ1v) is 8.64. The molecular weight excluding hydrogens is 333 g/mol. The van der Waals surface area contributed by atoms with Crippen LogP contribution in [0, 0.1) is 5.82 Å². The van der Waals surface area contributed by atoms with Crippen molar-refractivity contribution in [2.75, 3.05) is 0 Å². The Labute approximate surface area is 138 Å². The molecular formula is C16H10FN3OS2. The fourth-order valence-corrected chi connectivity index (χ4v) is 3.84. The van der Waals surface area contributed by atoms with Gasteiger partial charge in [0.25, 0.3) is 5.56 Å². The number of hydrogen-bond donors (Lipinski definition) is 0. The molecule has 7 heteroatoms. The molecule has 0 atom stereocenters. The monoisotopic (exact) mass is 343 g/mol. The molecule has 4 nitrogen and oxygen atoms in total. The van der Waals surface area contributed by atoms with Gasteiger partial charge in [-0.3, -0.25) is 9.36 Å². The van der Waals surface area contributed by atoms with Gasteiger partial charge in [0, 0.05) is 22.4 Å². The highest BCUT2D eigenvalue weighted by molar-refractivity contribution is 7.14. The normalized spacial score (nSPS) is 11.2. The van der Waals surface area contributed by atoms with Gasteiger partial charge in [-0.2, -0.15) is 11.3 Å². The average molecular weight is 343 g/mol. The number of hydrogen-bond acceptors (Lipinski definition) is 5. The maximum atomic E-state index is 13.2. The van der Waals surface area contributed by atoms with Crippen molar-refractivity contribution in [1.82, 2.24) is 14.5 Å². The van der Waals surface area contributed by atoms with Crippen LogP contribution in [-0.2, 0) is 6.54 Å². The van der Waals surface area contributed by atoms with Crippen molar-refractivity contribution in [3.05, 3.63) is 68.6 Å². The minimum atomic E-state index is -0.401. The van der Waals surface area contributed by atoms with E-state index in [0.717, 1.165) is 16.3 Å². The zero-order valence-corrected chi connectivity index (χ0v) is 13.4. The lowest BCUT2D eigenvalue weighted by Crippen LogP contribution is -2.21. The molecule has 0 spiro atoms. The van der Waals surface area contributed by atoms with Crippen molar-refractivity contribution >= 4 is 33.6 Å². The fourth-order valence-electron chi connectivity index (χ4n) is 2.32. The van der Waals surface area contributed by atoms with Crippen LogP contribution < -0.4 is 5.56 Å². The topological polar surface area (TPSA) is 47.8 Å². The molecule has 1 aromatic carbocycles. The SMILES string of the molecule is O=c1c2ccc(F)cc2ncn1Cc1csc(-c2ccsc2)n1. The van der Waals surface area contributed by atoms with Gasteiger partial charge in [0.1, 0.15) is 10.8 Å². The molecule has 0 unspecified atom stereocenters. The standard InChI is InChI=1S/C16H10FN3OS2/c17-11-1-2-13-14(5-11)18-9-20(16(13)21)6-12-8-23-15(19-12)10-3-4-22-7-10/h1-5,7-9H,6H2. The summed E-state index contributed by atoms with van der Waals surface area (Å²) < 4.78 is 14.7. The van der Waals surface area contributed by atoms with Gasteiger partial charge in [-0.25, -0.2) is 14.4 Å². The third kappa shape index (κ3) is 2.69. The third-order valence-electron chi connectivity index (χ3n) is 3.44. The summed E-state index contributed by atoms with van der Waals surface area (Å²) in [6, 6.07) is 6.02. The molecule has 0 saturated carbocycles. The highest BCUT2D eigenvalue weighted by atomic mass is 32.1. The zero-order chi connectivity index (χ0) is 15.8.